The van der Waals surface area contributed by atoms with E-state index in [9.17, 15) is 9.59 Å². The predicted octanol–water partition coefficient (Wildman–Crippen LogP) is 4.25. The maximum atomic E-state index is 13.2. The highest BCUT2D eigenvalue weighted by Gasteiger charge is 2.23. The number of benzene rings is 1. The topological polar surface area (TPSA) is 54.8 Å². The molecule has 0 N–H and O–H groups in total. The number of hydrogen-bond acceptors (Lipinski definition) is 3. The zero-order valence-corrected chi connectivity index (χ0v) is 19.2. The molecule has 164 valence electrons. The third kappa shape index (κ3) is 7.04. The summed E-state index contributed by atoms with van der Waals surface area (Å²) in [6.45, 7) is 3.79. The number of carbonyl (C=O) groups is 2. The summed E-state index contributed by atoms with van der Waals surface area (Å²) in [4.78, 5) is 29.5. The van der Waals surface area contributed by atoms with E-state index in [2.05, 4.69) is 6.92 Å². The number of halogens is 2. The van der Waals surface area contributed by atoms with Gasteiger partial charge in [-0.15, -0.1) is 0 Å². The van der Waals surface area contributed by atoms with E-state index in [-0.39, 0.29) is 24.9 Å². The van der Waals surface area contributed by atoms with Crippen molar-refractivity contribution < 1.29 is 14.3 Å². The molecule has 0 atom stereocenters. The minimum atomic E-state index is -0.306. The Balaban J connectivity index is 2.19. The van der Waals surface area contributed by atoms with Crippen molar-refractivity contribution >= 4 is 35.0 Å². The molecule has 0 aliphatic rings. The SMILES string of the molecule is CCCCN(Cc1cccn1C)C(=O)CN(CCOC)C(=O)c1cc(Cl)cc(Cl)c1. The van der Waals surface area contributed by atoms with Crippen LogP contribution in [0.2, 0.25) is 10.0 Å². The first-order chi connectivity index (χ1) is 14.3. The smallest absolute Gasteiger partial charge is 0.254 e. The summed E-state index contributed by atoms with van der Waals surface area (Å²) in [6, 6.07) is 8.62. The van der Waals surface area contributed by atoms with Gasteiger partial charge in [0.25, 0.3) is 5.91 Å². The van der Waals surface area contributed by atoms with Crippen molar-refractivity contribution in [3.8, 4) is 0 Å². The number of unbranched alkanes of at least 4 members (excludes halogenated alkanes) is 1. The summed E-state index contributed by atoms with van der Waals surface area (Å²) in [7, 11) is 3.51. The Bertz CT molecular complexity index is 834. The normalized spacial score (nSPS) is 10.8. The molecular formula is C22H29Cl2N3O3. The van der Waals surface area contributed by atoms with Gasteiger partial charge in [-0.05, 0) is 36.8 Å². The summed E-state index contributed by atoms with van der Waals surface area (Å²) in [6.07, 6.45) is 3.82. The van der Waals surface area contributed by atoms with Crippen LogP contribution in [0.1, 0.15) is 35.8 Å². The summed E-state index contributed by atoms with van der Waals surface area (Å²) in [5.41, 5.74) is 1.38. The number of ether oxygens (including phenoxy) is 1. The molecular weight excluding hydrogens is 425 g/mol. The molecule has 2 amide bonds. The van der Waals surface area contributed by atoms with Crippen LogP contribution >= 0.6 is 23.2 Å². The molecule has 0 aliphatic heterocycles. The minimum Gasteiger partial charge on any atom is -0.383 e. The summed E-state index contributed by atoms with van der Waals surface area (Å²) in [5.74, 6) is -0.415. The van der Waals surface area contributed by atoms with E-state index in [0.717, 1.165) is 18.5 Å². The lowest BCUT2D eigenvalue weighted by Crippen LogP contribution is -2.44. The number of methoxy groups -OCH3 is 1. The van der Waals surface area contributed by atoms with Gasteiger partial charge in [-0.2, -0.15) is 0 Å². The van der Waals surface area contributed by atoms with Gasteiger partial charge in [0.1, 0.15) is 6.54 Å². The molecule has 0 unspecified atom stereocenters. The fourth-order valence-corrected chi connectivity index (χ4v) is 3.60. The van der Waals surface area contributed by atoms with Gasteiger partial charge in [0.2, 0.25) is 5.91 Å². The average molecular weight is 454 g/mol. The molecule has 30 heavy (non-hydrogen) atoms. The minimum absolute atomic E-state index is 0.0412. The molecule has 0 saturated heterocycles. The molecule has 2 aromatic rings. The van der Waals surface area contributed by atoms with E-state index in [1.165, 1.54) is 4.90 Å². The van der Waals surface area contributed by atoms with E-state index in [1.807, 2.05) is 29.9 Å². The highest BCUT2D eigenvalue weighted by Crippen LogP contribution is 2.20. The van der Waals surface area contributed by atoms with Crippen molar-refractivity contribution in [1.29, 1.82) is 0 Å². The first-order valence-corrected chi connectivity index (χ1v) is 10.7. The fraction of sp³-hybridized carbons (Fsp3) is 0.455. The lowest BCUT2D eigenvalue weighted by atomic mass is 10.2. The molecule has 0 aliphatic carbocycles. The number of hydrogen-bond donors (Lipinski definition) is 0. The number of rotatable bonds is 11. The quantitative estimate of drug-likeness (QED) is 0.510. The second kappa shape index (κ2) is 12.0. The second-order valence-corrected chi connectivity index (χ2v) is 8.03. The van der Waals surface area contributed by atoms with Crippen molar-refractivity contribution in [1.82, 2.24) is 14.4 Å². The fourth-order valence-electron chi connectivity index (χ4n) is 3.07. The first kappa shape index (κ1) is 24.3. The van der Waals surface area contributed by atoms with Crippen LogP contribution in [-0.2, 0) is 23.1 Å². The van der Waals surface area contributed by atoms with E-state index in [4.69, 9.17) is 27.9 Å². The number of aromatic nitrogens is 1. The van der Waals surface area contributed by atoms with Crippen molar-refractivity contribution in [2.75, 3.05) is 33.4 Å². The summed E-state index contributed by atoms with van der Waals surface area (Å²) >= 11 is 12.1. The molecule has 0 radical (unpaired) electrons. The lowest BCUT2D eigenvalue weighted by molar-refractivity contribution is -0.132. The molecule has 1 heterocycles. The Hall–Kier alpha value is -2.02. The van der Waals surface area contributed by atoms with Gasteiger partial charge in [-0.25, -0.2) is 0 Å². The van der Waals surface area contributed by atoms with E-state index >= 15 is 0 Å². The molecule has 0 fully saturated rings. The second-order valence-electron chi connectivity index (χ2n) is 7.16. The van der Waals surface area contributed by atoms with Crippen LogP contribution < -0.4 is 0 Å². The van der Waals surface area contributed by atoms with Gasteiger partial charge in [0, 0.05) is 54.7 Å². The Morgan fingerprint density at radius 1 is 1.10 bits per heavy atom. The van der Waals surface area contributed by atoms with Gasteiger partial charge in [0.05, 0.1) is 13.2 Å². The average Bonchev–Trinajstić information content (AvgIpc) is 3.11. The van der Waals surface area contributed by atoms with Gasteiger partial charge in [-0.3, -0.25) is 9.59 Å². The Morgan fingerprint density at radius 3 is 2.37 bits per heavy atom. The van der Waals surface area contributed by atoms with Crippen LogP contribution in [0.15, 0.2) is 36.5 Å². The largest absolute Gasteiger partial charge is 0.383 e. The van der Waals surface area contributed by atoms with Crippen LogP contribution in [-0.4, -0.2) is 59.5 Å². The number of nitrogens with zero attached hydrogens (tertiary/aromatic N) is 3. The molecule has 6 nitrogen and oxygen atoms in total. The highest BCUT2D eigenvalue weighted by atomic mass is 35.5. The first-order valence-electron chi connectivity index (χ1n) is 9.98. The molecule has 0 spiro atoms. The van der Waals surface area contributed by atoms with E-state index < -0.39 is 0 Å². The third-order valence-corrected chi connectivity index (χ3v) is 5.26. The van der Waals surface area contributed by atoms with Crippen molar-refractivity contribution in [2.45, 2.75) is 26.3 Å². The molecule has 1 aromatic heterocycles. The van der Waals surface area contributed by atoms with Crippen molar-refractivity contribution in [2.24, 2.45) is 7.05 Å². The van der Waals surface area contributed by atoms with Gasteiger partial charge in [0.15, 0.2) is 0 Å². The number of amides is 2. The van der Waals surface area contributed by atoms with Crippen molar-refractivity contribution in [3.05, 3.63) is 57.8 Å². The predicted molar refractivity (Wildman–Crippen MR) is 120 cm³/mol. The molecule has 8 heteroatoms. The number of aryl methyl sites for hydroxylation is 1. The standard InChI is InChI=1S/C22H29Cl2N3O3/c1-4-5-9-26(15-20-7-6-8-25(20)2)21(28)16-27(10-11-30-3)22(29)17-12-18(23)14-19(24)13-17/h6-8,12-14H,4-5,9-11,15-16H2,1-3H3. The maximum absolute atomic E-state index is 13.2. The molecule has 0 saturated carbocycles. The Labute approximate surface area is 188 Å². The van der Waals surface area contributed by atoms with Crippen LogP contribution in [0.5, 0.6) is 0 Å². The Morgan fingerprint density at radius 2 is 1.80 bits per heavy atom. The third-order valence-electron chi connectivity index (χ3n) is 4.83. The number of carbonyl (C=O) groups excluding carboxylic acids is 2. The van der Waals surface area contributed by atoms with Crippen LogP contribution in [0.3, 0.4) is 0 Å². The van der Waals surface area contributed by atoms with Gasteiger partial charge >= 0.3 is 0 Å². The monoisotopic (exact) mass is 453 g/mol. The van der Waals surface area contributed by atoms with Crippen LogP contribution in [0.4, 0.5) is 0 Å². The summed E-state index contributed by atoms with van der Waals surface area (Å²) < 4.78 is 7.13. The van der Waals surface area contributed by atoms with Gasteiger partial charge in [-0.1, -0.05) is 36.5 Å². The highest BCUT2D eigenvalue weighted by molar-refractivity contribution is 6.35. The van der Waals surface area contributed by atoms with Gasteiger partial charge < -0.3 is 19.1 Å². The molecule has 0 bridgehead atoms. The Kier molecular flexibility index (Phi) is 9.69. The van der Waals surface area contributed by atoms with E-state index in [0.29, 0.717) is 35.3 Å². The maximum Gasteiger partial charge on any atom is 0.254 e. The summed E-state index contributed by atoms with van der Waals surface area (Å²) in [5, 5.41) is 0.745. The lowest BCUT2D eigenvalue weighted by Gasteiger charge is -2.28. The zero-order valence-electron chi connectivity index (χ0n) is 17.7. The van der Waals surface area contributed by atoms with Crippen molar-refractivity contribution in [3.63, 3.8) is 0 Å². The van der Waals surface area contributed by atoms with E-state index in [1.54, 1.807) is 30.2 Å². The molecule has 2 rings (SSSR count). The molecule has 1 aromatic carbocycles. The zero-order chi connectivity index (χ0) is 22.1. The van der Waals surface area contributed by atoms with Crippen LogP contribution in [0, 0.1) is 0 Å². The van der Waals surface area contributed by atoms with Crippen LogP contribution in [0.25, 0.3) is 0 Å².